The number of anilines is 2. The molecule has 7 heteroatoms. The van der Waals surface area contributed by atoms with Gasteiger partial charge >= 0.3 is 0 Å². The fourth-order valence-corrected chi connectivity index (χ4v) is 2.16. The first-order valence-corrected chi connectivity index (χ1v) is 6.60. The van der Waals surface area contributed by atoms with Crippen LogP contribution in [0.5, 0.6) is 11.5 Å². The number of hydrogen-bond donors (Lipinski definition) is 2. The SMILES string of the molecule is CC(C)n1nccc1NC(=O)c1cc2c(cc1N)OCO2. The number of carbonyl (C=O) groups excluding carboxylic acids is 1. The summed E-state index contributed by atoms with van der Waals surface area (Å²) < 4.78 is 12.2. The quantitative estimate of drug-likeness (QED) is 0.843. The van der Waals surface area contributed by atoms with E-state index in [1.807, 2.05) is 13.8 Å². The van der Waals surface area contributed by atoms with Crippen molar-refractivity contribution in [2.75, 3.05) is 17.8 Å². The summed E-state index contributed by atoms with van der Waals surface area (Å²) in [6.45, 7) is 4.11. The highest BCUT2D eigenvalue weighted by Gasteiger charge is 2.20. The van der Waals surface area contributed by atoms with Crippen molar-refractivity contribution >= 4 is 17.4 Å². The molecular formula is C14H16N4O3. The third-order valence-corrected chi connectivity index (χ3v) is 3.19. The van der Waals surface area contributed by atoms with Crippen molar-refractivity contribution < 1.29 is 14.3 Å². The lowest BCUT2D eigenvalue weighted by atomic mass is 10.1. The fourth-order valence-electron chi connectivity index (χ4n) is 2.16. The highest BCUT2D eigenvalue weighted by molar-refractivity contribution is 6.08. The van der Waals surface area contributed by atoms with Crippen LogP contribution in [0, 0.1) is 0 Å². The van der Waals surface area contributed by atoms with Crippen molar-refractivity contribution in [1.82, 2.24) is 9.78 Å². The van der Waals surface area contributed by atoms with E-state index in [1.165, 1.54) is 0 Å². The summed E-state index contributed by atoms with van der Waals surface area (Å²) in [6, 6.07) is 5.06. The van der Waals surface area contributed by atoms with E-state index in [-0.39, 0.29) is 18.7 Å². The standard InChI is InChI=1S/C14H16N4O3/c1-8(2)18-13(3-4-16-18)17-14(19)9-5-11-12(6-10(9)15)21-7-20-11/h3-6,8H,7,15H2,1-2H3,(H,17,19). The van der Waals surface area contributed by atoms with E-state index in [0.717, 1.165) is 0 Å². The van der Waals surface area contributed by atoms with Crippen LogP contribution in [0.4, 0.5) is 11.5 Å². The van der Waals surface area contributed by atoms with Gasteiger partial charge in [0.1, 0.15) is 5.82 Å². The molecule has 21 heavy (non-hydrogen) atoms. The predicted molar refractivity (Wildman–Crippen MR) is 77.5 cm³/mol. The third kappa shape index (κ3) is 2.37. The average molecular weight is 288 g/mol. The molecule has 0 unspecified atom stereocenters. The Kier molecular flexibility index (Phi) is 3.17. The van der Waals surface area contributed by atoms with Crippen LogP contribution in [-0.2, 0) is 0 Å². The number of aromatic nitrogens is 2. The van der Waals surface area contributed by atoms with Crippen LogP contribution in [0.25, 0.3) is 0 Å². The normalized spacial score (nSPS) is 12.7. The molecule has 2 heterocycles. The Balaban J connectivity index is 1.87. The maximum Gasteiger partial charge on any atom is 0.259 e. The van der Waals surface area contributed by atoms with Gasteiger partial charge in [0.15, 0.2) is 11.5 Å². The number of rotatable bonds is 3. The molecule has 1 aromatic heterocycles. The number of benzene rings is 1. The summed E-state index contributed by atoms with van der Waals surface area (Å²) in [5.74, 6) is 1.38. The molecule has 1 amide bonds. The molecule has 3 rings (SSSR count). The Morgan fingerprint density at radius 1 is 1.38 bits per heavy atom. The molecule has 1 aromatic carbocycles. The van der Waals surface area contributed by atoms with Gasteiger partial charge in [0.2, 0.25) is 6.79 Å². The van der Waals surface area contributed by atoms with Gasteiger partial charge in [0, 0.05) is 23.9 Å². The van der Waals surface area contributed by atoms with E-state index in [0.29, 0.717) is 28.6 Å². The third-order valence-electron chi connectivity index (χ3n) is 3.19. The molecule has 7 nitrogen and oxygen atoms in total. The van der Waals surface area contributed by atoms with Crippen molar-refractivity contribution in [3.05, 3.63) is 30.0 Å². The zero-order valence-corrected chi connectivity index (χ0v) is 11.8. The second-order valence-electron chi connectivity index (χ2n) is 5.00. The summed E-state index contributed by atoms with van der Waals surface area (Å²) in [7, 11) is 0. The van der Waals surface area contributed by atoms with Gasteiger partial charge in [-0.3, -0.25) is 4.79 Å². The van der Waals surface area contributed by atoms with Crippen molar-refractivity contribution in [2.24, 2.45) is 0 Å². The number of carbonyl (C=O) groups is 1. The number of amides is 1. The molecule has 0 bridgehead atoms. The average Bonchev–Trinajstić information content (AvgIpc) is 3.05. The largest absolute Gasteiger partial charge is 0.454 e. The molecule has 0 fully saturated rings. The molecule has 0 aliphatic carbocycles. The Morgan fingerprint density at radius 2 is 2.10 bits per heavy atom. The van der Waals surface area contributed by atoms with Crippen LogP contribution in [0.2, 0.25) is 0 Å². The van der Waals surface area contributed by atoms with Crippen LogP contribution in [0.15, 0.2) is 24.4 Å². The minimum atomic E-state index is -0.312. The van der Waals surface area contributed by atoms with Crippen LogP contribution < -0.4 is 20.5 Å². The molecule has 1 aliphatic rings. The molecule has 0 spiro atoms. The van der Waals surface area contributed by atoms with Gasteiger partial charge in [-0.1, -0.05) is 0 Å². The molecule has 3 N–H and O–H groups in total. The summed E-state index contributed by atoms with van der Waals surface area (Å²) in [5, 5.41) is 6.97. The minimum absolute atomic E-state index is 0.139. The zero-order valence-electron chi connectivity index (χ0n) is 11.8. The lowest BCUT2D eigenvalue weighted by Crippen LogP contribution is -2.18. The maximum atomic E-state index is 12.4. The molecule has 0 saturated carbocycles. The van der Waals surface area contributed by atoms with Crippen molar-refractivity contribution in [1.29, 1.82) is 0 Å². The molecule has 1 aliphatic heterocycles. The molecular weight excluding hydrogens is 272 g/mol. The highest BCUT2D eigenvalue weighted by atomic mass is 16.7. The second-order valence-corrected chi connectivity index (χ2v) is 5.00. The molecule has 0 saturated heterocycles. The molecule has 110 valence electrons. The van der Waals surface area contributed by atoms with Gasteiger partial charge < -0.3 is 20.5 Å². The van der Waals surface area contributed by atoms with E-state index < -0.39 is 0 Å². The van der Waals surface area contributed by atoms with Crippen LogP contribution in [-0.4, -0.2) is 22.5 Å². The van der Waals surface area contributed by atoms with Crippen LogP contribution >= 0.6 is 0 Å². The van der Waals surface area contributed by atoms with Crippen molar-refractivity contribution in [2.45, 2.75) is 19.9 Å². The number of ether oxygens (including phenoxy) is 2. The highest BCUT2D eigenvalue weighted by Crippen LogP contribution is 2.36. The van der Waals surface area contributed by atoms with Gasteiger partial charge in [0.25, 0.3) is 5.91 Å². The summed E-state index contributed by atoms with van der Waals surface area (Å²) in [5.41, 5.74) is 6.59. The number of nitrogens with two attached hydrogens (primary N) is 1. The number of fused-ring (bicyclic) bond motifs is 1. The lowest BCUT2D eigenvalue weighted by Gasteiger charge is -2.12. The van der Waals surface area contributed by atoms with E-state index in [9.17, 15) is 4.79 Å². The second kappa shape index (κ2) is 5.01. The van der Waals surface area contributed by atoms with Gasteiger partial charge in [-0.15, -0.1) is 0 Å². The smallest absolute Gasteiger partial charge is 0.259 e. The molecule has 2 aromatic rings. The van der Waals surface area contributed by atoms with E-state index >= 15 is 0 Å². The summed E-state index contributed by atoms with van der Waals surface area (Å²) >= 11 is 0. The lowest BCUT2D eigenvalue weighted by molar-refractivity contribution is 0.102. The molecule has 0 radical (unpaired) electrons. The Labute approximate surface area is 121 Å². The van der Waals surface area contributed by atoms with Gasteiger partial charge in [-0.2, -0.15) is 5.10 Å². The number of nitrogen functional groups attached to an aromatic ring is 1. The summed E-state index contributed by atoms with van der Waals surface area (Å²) in [6.07, 6.45) is 1.64. The first-order chi connectivity index (χ1) is 10.1. The fraction of sp³-hybridized carbons (Fsp3) is 0.286. The molecule has 0 atom stereocenters. The van der Waals surface area contributed by atoms with Crippen LogP contribution in [0.1, 0.15) is 30.2 Å². The van der Waals surface area contributed by atoms with Crippen molar-refractivity contribution in [3.8, 4) is 11.5 Å². The maximum absolute atomic E-state index is 12.4. The first-order valence-electron chi connectivity index (χ1n) is 6.60. The predicted octanol–water partition coefficient (Wildman–Crippen LogP) is 2.03. The van der Waals surface area contributed by atoms with Gasteiger partial charge in [-0.05, 0) is 19.9 Å². The van der Waals surface area contributed by atoms with Crippen LogP contribution in [0.3, 0.4) is 0 Å². The number of nitrogens with zero attached hydrogens (tertiary/aromatic N) is 2. The monoisotopic (exact) mass is 288 g/mol. The number of nitrogens with one attached hydrogen (secondary N) is 1. The number of hydrogen-bond acceptors (Lipinski definition) is 5. The first kappa shape index (κ1) is 13.3. The topological polar surface area (TPSA) is 91.4 Å². The van der Waals surface area contributed by atoms with E-state index in [1.54, 1.807) is 29.1 Å². The minimum Gasteiger partial charge on any atom is -0.454 e. The van der Waals surface area contributed by atoms with Gasteiger partial charge in [0.05, 0.1) is 11.8 Å². The Morgan fingerprint density at radius 3 is 2.81 bits per heavy atom. The van der Waals surface area contributed by atoms with Gasteiger partial charge in [-0.25, -0.2) is 4.68 Å². The Hall–Kier alpha value is -2.70. The van der Waals surface area contributed by atoms with Crippen molar-refractivity contribution in [3.63, 3.8) is 0 Å². The van der Waals surface area contributed by atoms with E-state index in [4.69, 9.17) is 15.2 Å². The Bertz CT molecular complexity index is 694. The summed E-state index contributed by atoms with van der Waals surface area (Å²) in [4.78, 5) is 12.4. The van der Waals surface area contributed by atoms with E-state index in [2.05, 4.69) is 10.4 Å². The zero-order chi connectivity index (χ0) is 15.0.